The Balaban J connectivity index is 1.60. The van der Waals surface area contributed by atoms with Gasteiger partial charge in [-0.25, -0.2) is 0 Å². The van der Waals surface area contributed by atoms with Gasteiger partial charge < -0.3 is 24.4 Å². The fraction of sp³-hybridized carbons (Fsp3) is 0.684. The van der Waals surface area contributed by atoms with Gasteiger partial charge in [0.15, 0.2) is 0 Å². The number of aromatic hydroxyl groups is 1. The van der Waals surface area contributed by atoms with Crippen molar-refractivity contribution in [3.8, 4) is 5.75 Å². The van der Waals surface area contributed by atoms with Crippen LogP contribution in [0.25, 0.3) is 0 Å². The summed E-state index contributed by atoms with van der Waals surface area (Å²) in [5.74, 6) is -0.231. The molecular weight excluding hydrogens is 350 g/mol. The monoisotopic (exact) mass is 379 g/mol. The van der Waals surface area contributed by atoms with Crippen LogP contribution < -0.4 is 5.56 Å². The smallest absolute Gasteiger partial charge is 0.254 e. The van der Waals surface area contributed by atoms with Gasteiger partial charge in [-0.15, -0.1) is 0 Å². The highest BCUT2D eigenvalue weighted by Gasteiger charge is 2.33. The lowest BCUT2D eigenvalue weighted by Gasteiger charge is -2.35. The number of hydrogen-bond donors (Lipinski definition) is 2. The second kappa shape index (κ2) is 8.41. The van der Waals surface area contributed by atoms with E-state index in [0.717, 1.165) is 25.6 Å². The number of aryl methyl sites for hydroxylation is 1. The third kappa shape index (κ3) is 5.09. The van der Waals surface area contributed by atoms with Crippen LogP contribution in [0.4, 0.5) is 0 Å². The Labute approximate surface area is 159 Å². The molecule has 3 rings (SSSR count). The second-order valence-corrected chi connectivity index (χ2v) is 7.63. The number of hydrogen-bond acceptors (Lipinski definition) is 6. The molecule has 2 aliphatic rings. The van der Waals surface area contributed by atoms with Crippen LogP contribution >= 0.6 is 0 Å². The van der Waals surface area contributed by atoms with Crippen LogP contribution in [0.5, 0.6) is 5.75 Å². The highest BCUT2D eigenvalue weighted by atomic mass is 16.5. The van der Waals surface area contributed by atoms with E-state index in [0.29, 0.717) is 51.4 Å². The molecule has 2 aliphatic heterocycles. The zero-order valence-electron chi connectivity index (χ0n) is 15.9. The molecule has 1 aromatic heterocycles. The lowest BCUT2D eigenvalue weighted by molar-refractivity contribution is -0.132. The number of rotatable bonds is 4. The van der Waals surface area contributed by atoms with Crippen molar-refractivity contribution < 1.29 is 19.7 Å². The number of aliphatic hydroxyl groups is 1. The van der Waals surface area contributed by atoms with Crippen LogP contribution in [0.3, 0.4) is 0 Å². The number of morpholine rings is 1. The number of β-amino-alcohol motifs (C(OH)–C–C–N with tert-alkyl or cyclic N) is 1. The number of carbonyl (C=O) groups is 1. The van der Waals surface area contributed by atoms with E-state index in [9.17, 15) is 19.8 Å². The van der Waals surface area contributed by atoms with Gasteiger partial charge in [-0.2, -0.15) is 0 Å². The van der Waals surface area contributed by atoms with E-state index in [1.54, 1.807) is 11.8 Å². The summed E-state index contributed by atoms with van der Waals surface area (Å²) in [5, 5.41) is 20.5. The van der Waals surface area contributed by atoms with E-state index in [4.69, 9.17) is 4.74 Å². The van der Waals surface area contributed by atoms with E-state index < -0.39 is 5.60 Å². The summed E-state index contributed by atoms with van der Waals surface area (Å²) in [4.78, 5) is 28.7. The lowest BCUT2D eigenvalue weighted by Crippen LogP contribution is -2.48. The van der Waals surface area contributed by atoms with E-state index in [-0.39, 0.29) is 23.8 Å². The van der Waals surface area contributed by atoms with Crippen molar-refractivity contribution in [1.29, 1.82) is 0 Å². The molecule has 0 aliphatic carbocycles. The highest BCUT2D eigenvalue weighted by molar-refractivity contribution is 5.76. The van der Waals surface area contributed by atoms with Crippen molar-refractivity contribution in [3.63, 3.8) is 0 Å². The molecule has 27 heavy (non-hydrogen) atoms. The SMILES string of the molecule is Cc1cc(O)cc(=O)n1CC(=O)N1CCC[C@](O)(CN2CCOCC2)CC1. The normalized spacial score (nSPS) is 24.6. The van der Waals surface area contributed by atoms with Crippen molar-refractivity contribution >= 4 is 5.91 Å². The molecule has 2 N–H and O–H groups in total. The van der Waals surface area contributed by atoms with Gasteiger partial charge in [0.1, 0.15) is 12.3 Å². The maximum Gasteiger partial charge on any atom is 0.254 e. The molecule has 0 spiro atoms. The Morgan fingerprint density at radius 3 is 2.63 bits per heavy atom. The predicted molar refractivity (Wildman–Crippen MR) is 99.7 cm³/mol. The summed E-state index contributed by atoms with van der Waals surface area (Å²) in [7, 11) is 0. The fourth-order valence-corrected chi connectivity index (χ4v) is 3.91. The van der Waals surface area contributed by atoms with Crippen LogP contribution in [0.15, 0.2) is 16.9 Å². The van der Waals surface area contributed by atoms with Crippen LogP contribution in [-0.2, 0) is 16.1 Å². The summed E-state index contributed by atoms with van der Waals surface area (Å²) < 4.78 is 6.73. The first kappa shape index (κ1) is 19.9. The second-order valence-electron chi connectivity index (χ2n) is 7.63. The topological polar surface area (TPSA) is 95.2 Å². The minimum absolute atomic E-state index is 0.0488. The molecule has 1 aromatic rings. The van der Waals surface area contributed by atoms with Gasteiger partial charge in [-0.05, 0) is 32.3 Å². The lowest BCUT2D eigenvalue weighted by atomic mass is 9.94. The number of carbonyl (C=O) groups excluding carboxylic acids is 1. The van der Waals surface area contributed by atoms with Crippen LogP contribution in [0.2, 0.25) is 0 Å². The molecule has 8 heteroatoms. The van der Waals surface area contributed by atoms with Crippen LogP contribution in [0, 0.1) is 6.92 Å². The van der Waals surface area contributed by atoms with E-state index in [2.05, 4.69) is 4.90 Å². The number of pyridine rings is 1. The summed E-state index contributed by atoms with van der Waals surface area (Å²) in [6.07, 6.45) is 1.92. The van der Waals surface area contributed by atoms with E-state index in [1.807, 2.05) is 0 Å². The molecule has 0 aromatic carbocycles. The minimum atomic E-state index is -0.794. The number of likely N-dealkylation sites (tertiary alicyclic amines) is 1. The zero-order chi connectivity index (χ0) is 19.4. The minimum Gasteiger partial charge on any atom is -0.508 e. The Kier molecular flexibility index (Phi) is 6.18. The molecular formula is C19H29N3O5. The first-order chi connectivity index (χ1) is 12.9. The van der Waals surface area contributed by atoms with Crippen LogP contribution in [0.1, 0.15) is 25.0 Å². The quantitative estimate of drug-likeness (QED) is 0.761. The fourth-order valence-electron chi connectivity index (χ4n) is 3.91. The Morgan fingerprint density at radius 2 is 1.93 bits per heavy atom. The van der Waals surface area contributed by atoms with Crippen molar-refractivity contribution in [3.05, 3.63) is 28.2 Å². The predicted octanol–water partition coefficient (Wildman–Crippen LogP) is -0.0619. The Hall–Kier alpha value is -1.90. The van der Waals surface area contributed by atoms with Gasteiger partial charge in [0.2, 0.25) is 5.91 Å². The number of nitrogens with zero attached hydrogens (tertiary/aromatic N) is 3. The maximum atomic E-state index is 12.7. The summed E-state index contributed by atoms with van der Waals surface area (Å²) in [6.45, 7) is 6.35. The first-order valence-corrected chi connectivity index (χ1v) is 9.57. The number of ether oxygens (including phenoxy) is 1. The molecule has 0 radical (unpaired) electrons. The highest BCUT2D eigenvalue weighted by Crippen LogP contribution is 2.24. The third-order valence-corrected chi connectivity index (χ3v) is 5.50. The van der Waals surface area contributed by atoms with Gasteiger partial charge in [-0.3, -0.25) is 14.5 Å². The molecule has 2 saturated heterocycles. The number of aromatic nitrogens is 1. The molecule has 0 unspecified atom stereocenters. The molecule has 2 fully saturated rings. The van der Waals surface area contributed by atoms with Crippen molar-refractivity contribution in [2.45, 2.75) is 38.3 Å². The van der Waals surface area contributed by atoms with Gasteiger partial charge in [0.05, 0.1) is 18.8 Å². The van der Waals surface area contributed by atoms with Gasteiger partial charge in [0, 0.05) is 44.5 Å². The average molecular weight is 379 g/mol. The molecule has 1 amide bonds. The van der Waals surface area contributed by atoms with Crippen molar-refractivity contribution in [2.75, 3.05) is 45.9 Å². The van der Waals surface area contributed by atoms with Gasteiger partial charge >= 0.3 is 0 Å². The van der Waals surface area contributed by atoms with Crippen LogP contribution in [-0.4, -0.2) is 82.0 Å². The Bertz CT molecular complexity index is 729. The van der Waals surface area contributed by atoms with E-state index in [1.165, 1.54) is 10.6 Å². The molecule has 0 bridgehead atoms. The summed E-state index contributed by atoms with van der Waals surface area (Å²) in [5.41, 5.74) is -0.635. The standard InChI is InChI=1S/C19H29N3O5/c1-15-11-16(23)12-17(24)22(15)13-18(25)21-5-2-3-19(26,4-6-21)14-20-7-9-27-10-8-20/h11-12,23,26H,2-10,13-14H2,1H3/t19-/m1/s1. The van der Waals surface area contributed by atoms with Gasteiger partial charge in [-0.1, -0.05) is 0 Å². The third-order valence-electron chi connectivity index (χ3n) is 5.50. The molecule has 8 nitrogen and oxygen atoms in total. The van der Waals surface area contributed by atoms with E-state index >= 15 is 0 Å². The molecule has 1 atom stereocenters. The van der Waals surface area contributed by atoms with Crippen molar-refractivity contribution in [1.82, 2.24) is 14.4 Å². The summed E-state index contributed by atoms with van der Waals surface area (Å²) in [6, 6.07) is 2.59. The number of amides is 1. The maximum absolute atomic E-state index is 12.7. The summed E-state index contributed by atoms with van der Waals surface area (Å²) >= 11 is 0. The molecule has 3 heterocycles. The first-order valence-electron chi connectivity index (χ1n) is 9.57. The average Bonchev–Trinajstić information content (AvgIpc) is 2.80. The molecule has 150 valence electrons. The van der Waals surface area contributed by atoms with Crippen molar-refractivity contribution in [2.24, 2.45) is 0 Å². The molecule has 0 saturated carbocycles. The zero-order valence-corrected chi connectivity index (χ0v) is 15.9. The largest absolute Gasteiger partial charge is 0.508 e. The van der Waals surface area contributed by atoms with Gasteiger partial charge in [0.25, 0.3) is 5.56 Å². The Morgan fingerprint density at radius 1 is 1.19 bits per heavy atom.